The Morgan fingerprint density at radius 3 is 3.07 bits per heavy atom. The maximum absolute atomic E-state index is 5.68. The molecule has 0 saturated heterocycles. The Hall–Kier alpha value is -0.860. The molecule has 0 amide bonds. The van der Waals surface area contributed by atoms with E-state index in [1.807, 2.05) is 0 Å². The van der Waals surface area contributed by atoms with E-state index >= 15 is 0 Å². The van der Waals surface area contributed by atoms with Gasteiger partial charge in [0.25, 0.3) is 0 Å². The minimum atomic E-state index is 0.739. The van der Waals surface area contributed by atoms with Gasteiger partial charge in [0.05, 0.1) is 13.2 Å². The largest absolute Gasteiger partial charge is 0.376 e. The zero-order chi connectivity index (χ0) is 10.3. The van der Waals surface area contributed by atoms with Crippen molar-refractivity contribution in [3.05, 3.63) is 34.9 Å². The number of hydrogen-bond donors (Lipinski definition) is 1. The van der Waals surface area contributed by atoms with E-state index in [1.165, 1.54) is 23.1 Å². The van der Waals surface area contributed by atoms with Gasteiger partial charge in [-0.05, 0) is 47.9 Å². The monoisotopic (exact) mass is 203 g/mol. The lowest BCUT2D eigenvalue weighted by Gasteiger charge is -2.17. The Kier molecular flexibility index (Phi) is 2.26. The third-order valence-corrected chi connectivity index (χ3v) is 3.66. The quantitative estimate of drug-likeness (QED) is 0.795. The molecular formula is C13H17NO. The van der Waals surface area contributed by atoms with Crippen molar-refractivity contribution in [1.29, 1.82) is 0 Å². The molecule has 1 aliphatic heterocycles. The van der Waals surface area contributed by atoms with E-state index in [2.05, 4.69) is 18.2 Å². The van der Waals surface area contributed by atoms with Crippen LogP contribution in [0.1, 0.15) is 29.0 Å². The third kappa shape index (κ3) is 1.68. The van der Waals surface area contributed by atoms with Crippen molar-refractivity contribution in [2.24, 2.45) is 11.7 Å². The first-order valence-electron chi connectivity index (χ1n) is 5.78. The van der Waals surface area contributed by atoms with Gasteiger partial charge in [-0.3, -0.25) is 0 Å². The van der Waals surface area contributed by atoms with E-state index < -0.39 is 0 Å². The van der Waals surface area contributed by atoms with E-state index in [0.717, 1.165) is 38.0 Å². The number of nitrogens with two attached hydrogens (primary N) is 1. The second-order valence-corrected chi connectivity index (χ2v) is 4.67. The fourth-order valence-corrected chi connectivity index (χ4v) is 2.53. The van der Waals surface area contributed by atoms with Crippen LogP contribution in [0.25, 0.3) is 0 Å². The molecule has 3 rings (SSSR count). The summed E-state index contributed by atoms with van der Waals surface area (Å²) in [6.07, 6.45) is 2.36. The fourth-order valence-electron chi connectivity index (χ4n) is 2.53. The average Bonchev–Trinajstić information content (AvgIpc) is 3.08. The number of fused-ring (bicyclic) bond motifs is 1. The molecule has 1 aliphatic carbocycles. The molecule has 1 aromatic carbocycles. The molecule has 1 fully saturated rings. The maximum Gasteiger partial charge on any atom is 0.0719 e. The predicted molar refractivity (Wildman–Crippen MR) is 59.7 cm³/mol. The minimum absolute atomic E-state index is 0.739. The van der Waals surface area contributed by atoms with Crippen LogP contribution in [-0.2, 0) is 17.8 Å². The molecular weight excluding hydrogens is 186 g/mol. The number of benzene rings is 1. The molecule has 2 heteroatoms. The molecule has 1 saturated carbocycles. The Bertz CT molecular complexity index is 375. The van der Waals surface area contributed by atoms with Crippen LogP contribution in [0, 0.1) is 5.92 Å². The molecule has 0 radical (unpaired) electrons. The zero-order valence-electron chi connectivity index (χ0n) is 8.91. The Labute approximate surface area is 90.4 Å². The highest BCUT2D eigenvalue weighted by atomic mass is 16.5. The van der Waals surface area contributed by atoms with Gasteiger partial charge in [-0.15, -0.1) is 0 Å². The lowest BCUT2D eigenvalue weighted by molar-refractivity contribution is 0.110. The van der Waals surface area contributed by atoms with Crippen LogP contribution in [0.5, 0.6) is 0 Å². The Balaban J connectivity index is 1.85. The standard InChI is InChI=1S/C13H17NO/c14-7-12-6-13(12)10-1-2-11-8-15-4-3-9(11)5-10/h1-2,5,12-13H,3-4,6-8,14H2/t12-,13-/m0/s1. The lowest BCUT2D eigenvalue weighted by Crippen LogP contribution is -2.10. The van der Waals surface area contributed by atoms with E-state index in [-0.39, 0.29) is 0 Å². The van der Waals surface area contributed by atoms with E-state index in [4.69, 9.17) is 10.5 Å². The molecule has 2 atom stereocenters. The van der Waals surface area contributed by atoms with Crippen LogP contribution >= 0.6 is 0 Å². The van der Waals surface area contributed by atoms with Crippen molar-refractivity contribution < 1.29 is 4.74 Å². The molecule has 0 spiro atoms. The molecule has 2 N–H and O–H groups in total. The second kappa shape index (κ2) is 3.62. The van der Waals surface area contributed by atoms with Crippen molar-refractivity contribution in [3.8, 4) is 0 Å². The summed E-state index contributed by atoms with van der Waals surface area (Å²) in [4.78, 5) is 0. The maximum atomic E-state index is 5.68. The first kappa shape index (κ1) is 9.37. The van der Waals surface area contributed by atoms with Gasteiger partial charge in [0, 0.05) is 0 Å². The Morgan fingerprint density at radius 2 is 2.27 bits per heavy atom. The molecule has 0 aromatic heterocycles. The summed E-state index contributed by atoms with van der Waals surface area (Å²) in [6.45, 7) is 2.51. The summed E-state index contributed by atoms with van der Waals surface area (Å²) in [6, 6.07) is 6.86. The van der Waals surface area contributed by atoms with Crippen LogP contribution in [0.2, 0.25) is 0 Å². The highest BCUT2D eigenvalue weighted by molar-refractivity contribution is 5.37. The second-order valence-electron chi connectivity index (χ2n) is 4.67. The molecule has 2 aliphatic rings. The molecule has 1 aromatic rings. The van der Waals surface area contributed by atoms with E-state index in [0.29, 0.717) is 0 Å². The van der Waals surface area contributed by atoms with Gasteiger partial charge in [0.1, 0.15) is 0 Å². The zero-order valence-corrected chi connectivity index (χ0v) is 8.91. The fraction of sp³-hybridized carbons (Fsp3) is 0.538. The van der Waals surface area contributed by atoms with Gasteiger partial charge in [-0.1, -0.05) is 18.2 Å². The first-order valence-corrected chi connectivity index (χ1v) is 5.78. The van der Waals surface area contributed by atoms with Gasteiger partial charge in [0.2, 0.25) is 0 Å². The predicted octanol–water partition coefficient (Wildman–Crippen LogP) is 1.82. The molecule has 0 bridgehead atoms. The van der Waals surface area contributed by atoms with Crippen molar-refractivity contribution in [3.63, 3.8) is 0 Å². The van der Waals surface area contributed by atoms with Crippen LogP contribution in [0.4, 0.5) is 0 Å². The molecule has 15 heavy (non-hydrogen) atoms. The third-order valence-electron chi connectivity index (χ3n) is 3.66. The summed E-state index contributed by atoms with van der Waals surface area (Å²) >= 11 is 0. The average molecular weight is 203 g/mol. The van der Waals surface area contributed by atoms with Gasteiger partial charge < -0.3 is 10.5 Å². The molecule has 1 heterocycles. The summed E-state index contributed by atoms with van der Waals surface area (Å²) < 4.78 is 5.43. The van der Waals surface area contributed by atoms with Gasteiger partial charge in [-0.25, -0.2) is 0 Å². The van der Waals surface area contributed by atoms with Crippen LogP contribution in [0.3, 0.4) is 0 Å². The van der Waals surface area contributed by atoms with Crippen molar-refractivity contribution in [2.45, 2.75) is 25.4 Å². The lowest BCUT2D eigenvalue weighted by atomic mass is 9.98. The highest BCUT2D eigenvalue weighted by Crippen LogP contribution is 2.47. The van der Waals surface area contributed by atoms with Crippen LogP contribution in [-0.4, -0.2) is 13.2 Å². The number of ether oxygens (including phenoxy) is 1. The number of rotatable bonds is 2. The van der Waals surface area contributed by atoms with Crippen molar-refractivity contribution in [1.82, 2.24) is 0 Å². The smallest absolute Gasteiger partial charge is 0.0719 e. The van der Waals surface area contributed by atoms with Gasteiger partial charge >= 0.3 is 0 Å². The van der Waals surface area contributed by atoms with Crippen molar-refractivity contribution >= 4 is 0 Å². The van der Waals surface area contributed by atoms with Crippen molar-refractivity contribution in [2.75, 3.05) is 13.2 Å². The SMILES string of the molecule is NC[C@@H]1C[C@H]1c1ccc2c(c1)CCOC2. The van der Waals surface area contributed by atoms with Gasteiger partial charge in [0.15, 0.2) is 0 Å². The van der Waals surface area contributed by atoms with E-state index in [1.54, 1.807) is 0 Å². The summed E-state index contributed by atoms with van der Waals surface area (Å²) in [5, 5.41) is 0. The minimum Gasteiger partial charge on any atom is -0.376 e. The number of hydrogen-bond acceptors (Lipinski definition) is 2. The molecule has 80 valence electrons. The first-order chi connectivity index (χ1) is 7.38. The summed E-state index contributed by atoms with van der Waals surface area (Å²) in [5.41, 5.74) is 10.0. The summed E-state index contributed by atoms with van der Waals surface area (Å²) in [7, 11) is 0. The molecule has 2 nitrogen and oxygen atoms in total. The molecule has 0 unspecified atom stereocenters. The van der Waals surface area contributed by atoms with Crippen LogP contribution in [0.15, 0.2) is 18.2 Å². The Morgan fingerprint density at radius 1 is 1.33 bits per heavy atom. The normalized spacial score (nSPS) is 28.6. The summed E-state index contributed by atoms with van der Waals surface area (Å²) in [5.74, 6) is 1.48. The van der Waals surface area contributed by atoms with Gasteiger partial charge in [-0.2, -0.15) is 0 Å². The topological polar surface area (TPSA) is 35.2 Å². The van der Waals surface area contributed by atoms with E-state index in [9.17, 15) is 0 Å². The highest BCUT2D eigenvalue weighted by Gasteiger charge is 2.37. The van der Waals surface area contributed by atoms with Crippen LogP contribution < -0.4 is 5.73 Å².